The summed E-state index contributed by atoms with van der Waals surface area (Å²) < 4.78 is 5.23. The molecule has 1 fully saturated rings. The second-order valence-corrected chi connectivity index (χ2v) is 5.34. The maximum Gasteiger partial charge on any atom is 0.332 e. The average molecular weight is 258 g/mol. The average Bonchev–Trinajstić information content (AvgIpc) is 2.65. The van der Waals surface area contributed by atoms with Crippen LogP contribution in [0.1, 0.15) is 20.3 Å². The van der Waals surface area contributed by atoms with Crippen LogP contribution in [-0.2, 0) is 9.53 Å². The van der Waals surface area contributed by atoms with E-state index >= 15 is 0 Å². The number of carboxylic acids is 1. The zero-order valence-electron chi connectivity index (χ0n) is 11.9. The smallest absolute Gasteiger partial charge is 0.332 e. The van der Waals surface area contributed by atoms with Crippen molar-refractivity contribution in [3.63, 3.8) is 0 Å². The van der Waals surface area contributed by atoms with Crippen LogP contribution in [0.15, 0.2) is 0 Å². The Morgan fingerprint density at radius 1 is 1.50 bits per heavy atom. The van der Waals surface area contributed by atoms with Crippen molar-refractivity contribution < 1.29 is 14.6 Å². The minimum Gasteiger partial charge on any atom is -0.479 e. The number of likely N-dealkylation sites (N-methyl/N-ethyl adjacent to an activating group) is 1. The Hall–Kier alpha value is -0.650. The van der Waals surface area contributed by atoms with E-state index in [1.54, 1.807) is 0 Å². The SMILES string of the molecule is CCOC(CCN1CC(C)C(N(C)C)C1)C(=O)O. The Kier molecular flexibility index (Phi) is 6.05. The van der Waals surface area contributed by atoms with Gasteiger partial charge in [-0.3, -0.25) is 0 Å². The van der Waals surface area contributed by atoms with Crippen LogP contribution in [0.5, 0.6) is 0 Å². The summed E-state index contributed by atoms with van der Waals surface area (Å²) in [7, 11) is 4.20. The van der Waals surface area contributed by atoms with Gasteiger partial charge in [-0.2, -0.15) is 0 Å². The van der Waals surface area contributed by atoms with Gasteiger partial charge in [-0.05, 0) is 33.4 Å². The van der Waals surface area contributed by atoms with Gasteiger partial charge in [0.05, 0.1) is 0 Å². The molecule has 106 valence electrons. The molecule has 5 heteroatoms. The summed E-state index contributed by atoms with van der Waals surface area (Å²) in [5.74, 6) is -0.219. The van der Waals surface area contributed by atoms with Gasteiger partial charge in [-0.15, -0.1) is 0 Å². The number of ether oxygens (including phenoxy) is 1. The Bertz CT molecular complexity index is 271. The van der Waals surface area contributed by atoms with Gasteiger partial charge in [0.25, 0.3) is 0 Å². The first kappa shape index (κ1) is 15.4. The lowest BCUT2D eigenvalue weighted by molar-refractivity contribution is -0.150. The first-order valence-corrected chi connectivity index (χ1v) is 6.68. The number of nitrogens with zero attached hydrogens (tertiary/aromatic N) is 2. The lowest BCUT2D eigenvalue weighted by Gasteiger charge is -2.23. The lowest BCUT2D eigenvalue weighted by atomic mass is 10.1. The molecule has 0 bridgehead atoms. The Balaban J connectivity index is 2.38. The summed E-state index contributed by atoms with van der Waals surface area (Å²) in [5, 5.41) is 9.02. The lowest BCUT2D eigenvalue weighted by Crippen LogP contribution is -2.35. The highest BCUT2D eigenvalue weighted by atomic mass is 16.5. The molecule has 0 aromatic rings. The molecule has 1 aliphatic rings. The summed E-state index contributed by atoms with van der Waals surface area (Å²) in [5.41, 5.74) is 0. The van der Waals surface area contributed by atoms with E-state index in [2.05, 4.69) is 30.8 Å². The van der Waals surface area contributed by atoms with E-state index in [9.17, 15) is 4.79 Å². The summed E-state index contributed by atoms with van der Waals surface area (Å²) in [4.78, 5) is 15.6. The molecule has 0 saturated carbocycles. The molecule has 0 radical (unpaired) electrons. The number of likely N-dealkylation sites (tertiary alicyclic amines) is 1. The summed E-state index contributed by atoms with van der Waals surface area (Å²) in [6.07, 6.45) is -0.0977. The maximum absolute atomic E-state index is 11.0. The van der Waals surface area contributed by atoms with Crippen molar-refractivity contribution >= 4 is 5.97 Å². The topological polar surface area (TPSA) is 53.0 Å². The molecule has 3 unspecified atom stereocenters. The molecule has 1 heterocycles. The maximum atomic E-state index is 11.0. The number of rotatable bonds is 7. The molecule has 0 aromatic carbocycles. The van der Waals surface area contributed by atoms with Crippen molar-refractivity contribution in [2.24, 2.45) is 5.92 Å². The van der Waals surface area contributed by atoms with E-state index in [4.69, 9.17) is 9.84 Å². The van der Waals surface area contributed by atoms with Crippen molar-refractivity contribution in [1.29, 1.82) is 0 Å². The van der Waals surface area contributed by atoms with Crippen LogP contribution in [-0.4, -0.2) is 73.4 Å². The molecule has 3 atom stereocenters. The van der Waals surface area contributed by atoms with Crippen molar-refractivity contribution in [3.05, 3.63) is 0 Å². The number of hydrogen-bond acceptors (Lipinski definition) is 4. The van der Waals surface area contributed by atoms with Crippen LogP contribution in [0, 0.1) is 5.92 Å². The molecule has 5 nitrogen and oxygen atoms in total. The van der Waals surface area contributed by atoms with E-state index < -0.39 is 12.1 Å². The third-order valence-corrected chi connectivity index (χ3v) is 3.66. The zero-order valence-corrected chi connectivity index (χ0v) is 11.9. The molecular weight excluding hydrogens is 232 g/mol. The first-order valence-electron chi connectivity index (χ1n) is 6.68. The van der Waals surface area contributed by atoms with Crippen LogP contribution >= 0.6 is 0 Å². The largest absolute Gasteiger partial charge is 0.479 e. The summed E-state index contributed by atoms with van der Waals surface area (Å²) in [6.45, 7) is 7.39. The van der Waals surface area contributed by atoms with Gasteiger partial charge in [0.1, 0.15) is 0 Å². The normalized spacial score (nSPS) is 26.7. The van der Waals surface area contributed by atoms with E-state index in [1.165, 1.54) is 0 Å². The van der Waals surface area contributed by atoms with Gasteiger partial charge < -0.3 is 19.6 Å². The quantitative estimate of drug-likeness (QED) is 0.730. The molecular formula is C13H26N2O3. The number of hydrogen-bond donors (Lipinski definition) is 1. The summed E-state index contributed by atoms with van der Waals surface area (Å²) in [6, 6.07) is 0.570. The first-order chi connectivity index (χ1) is 8.45. The van der Waals surface area contributed by atoms with Gasteiger partial charge in [-0.1, -0.05) is 6.92 Å². The van der Waals surface area contributed by atoms with Crippen molar-refractivity contribution in [1.82, 2.24) is 9.80 Å². The highest BCUT2D eigenvalue weighted by Gasteiger charge is 2.31. The molecule has 0 spiro atoms. The van der Waals surface area contributed by atoms with E-state index in [-0.39, 0.29) is 0 Å². The molecule has 18 heavy (non-hydrogen) atoms. The minimum absolute atomic E-state index is 0.452. The Labute approximate surface area is 110 Å². The van der Waals surface area contributed by atoms with Crippen LogP contribution in [0.4, 0.5) is 0 Å². The zero-order chi connectivity index (χ0) is 13.7. The van der Waals surface area contributed by atoms with Crippen molar-refractivity contribution in [2.45, 2.75) is 32.4 Å². The van der Waals surface area contributed by atoms with E-state index in [1.807, 2.05) is 6.92 Å². The molecule has 1 saturated heterocycles. The predicted octanol–water partition coefficient (Wildman–Crippen LogP) is 0.748. The van der Waals surface area contributed by atoms with Crippen molar-refractivity contribution in [2.75, 3.05) is 40.3 Å². The van der Waals surface area contributed by atoms with Crippen LogP contribution in [0.3, 0.4) is 0 Å². The highest BCUT2D eigenvalue weighted by molar-refractivity contribution is 5.72. The summed E-state index contributed by atoms with van der Waals surface area (Å²) >= 11 is 0. The van der Waals surface area contributed by atoms with Crippen LogP contribution < -0.4 is 0 Å². The molecule has 1 rings (SSSR count). The fraction of sp³-hybridized carbons (Fsp3) is 0.923. The fourth-order valence-electron chi connectivity index (χ4n) is 2.68. The molecule has 0 aliphatic carbocycles. The third kappa shape index (κ3) is 4.23. The van der Waals surface area contributed by atoms with Gasteiger partial charge in [0, 0.05) is 32.3 Å². The number of carbonyl (C=O) groups is 1. The second-order valence-electron chi connectivity index (χ2n) is 5.34. The minimum atomic E-state index is -0.853. The third-order valence-electron chi connectivity index (χ3n) is 3.66. The van der Waals surface area contributed by atoms with E-state index in [0.717, 1.165) is 19.6 Å². The van der Waals surface area contributed by atoms with Gasteiger partial charge in [0.2, 0.25) is 0 Å². The number of carboxylic acid groups (broad SMARTS) is 1. The van der Waals surface area contributed by atoms with E-state index in [0.29, 0.717) is 25.0 Å². The van der Waals surface area contributed by atoms with Crippen LogP contribution in [0.25, 0.3) is 0 Å². The molecule has 1 aliphatic heterocycles. The van der Waals surface area contributed by atoms with Gasteiger partial charge >= 0.3 is 5.97 Å². The Morgan fingerprint density at radius 2 is 2.17 bits per heavy atom. The molecule has 0 aromatic heterocycles. The van der Waals surface area contributed by atoms with Crippen LogP contribution in [0.2, 0.25) is 0 Å². The van der Waals surface area contributed by atoms with Gasteiger partial charge in [0.15, 0.2) is 6.10 Å². The second kappa shape index (κ2) is 7.07. The highest BCUT2D eigenvalue weighted by Crippen LogP contribution is 2.20. The van der Waals surface area contributed by atoms with Crippen molar-refractivity contribution in [3.8, 4) is 0 Å². The Morgan fingerprint density at radius 3 is 2.61 bits per heavy atom. The standard InChI is InChI=1S/C13H26N2O3/c1-5-18-12(13(16)17)6-7-15-8-10(2)11(9-15)14(3)4/h10-12H,5-9H2,1-4H3,(H,16,17). The molecule has 0 amide bonds. The predicted molar refractivity (Wildman–Crippen MR) is 70.7 cm³/mol. The monoisotopic (exact) mass is 258 g/mol. The molecule has 1 N–H and O–H groups in total. The number of aliphatic carboxylic acids is 1. The van der Waals surface area contributed by atoms with Gasteiger partial charge in [-0.25, -0.2) is 4.79 Å². The fourth-order valence-corrected chi connectivity index (χ4v) is 2.68.